The lowest BCUT2D eigenvalue weighted by Gasteiger charge is -2.19. The van der Waals surface area contributed by atoms with Gasteiger partial charge in [-0.3, -0.25) is 4.98 Å². The van der Waals surface area contributed by atoms with Gasteiger partial charge in [-0.25, -0.2) is 0 Å². The Morgan fingerprint density at radius 1 is 1.25 bits per heavy atom. The van der Waals surface area contributed by atoms with Crippen molar-refractivity contribution in [1.29, 1.82) is 0 Å². The van der Waals surface area contributed by atoms with E-state index in [1.165, 1.54) is 19.3 Å². The van der Waals surface area contributed by atoms with E-state index >= 15 is 0 Å². The molecule has 16 heavy (non-hydrogen) atoms. The molecule has 0 saturated heterocycles. The van der Waals surface area contributed by atoms with Crippen LogP contribution in [0.1, 0.15) is 37.8 Å². The Morgan fingerprint density at radius 3 is 2.81 bits per heavy atom. The highest BCUT2D eigenvalue weighted by Crippen LogP contribution is 2.26. The van der Waals surface area contributed by atoms with Crippen LogP contribution < -0.4 is 0 Å². The largest absolute Gasteiger partial charge is 0.393 e. The number of halogens is 1. The third-order valence-electron chi connectivity index (χ3n) is 3.38. The van der Waals surface area contributed by atoms with Crippen molar-refractivity contribution < 1.29 is 5.11 Å². The molecule has 1 aromatic rings. The number of nitrogens with zero attached hydrogens (tertiary/aromatic N) is 1. The van der Waals surface area contributed by atoms with Crippen LogP contribution in [0, 0.1) is 5.92 Å². The number of aliphatic hydroxyl groups excluding tert-OH is 1. The van der Waals surface area contributed by atoms with Crippen LogP contribution in [0.2, 0.25) is 0 Å². The maximum Gasteiger partial charge on any atom is 0.0572 e. The minimum Gasteiger partial charge on any atom is -0.393 e. The van der Waals surface area contributed by atoms with Gasteiger partial charge in [-0.15, -0.1) is 0 Å². The lowest BCUT2D eigenvalue weighted by molar-refractivity contribution is 0.100. The average molecular weight is 284 g/mol. The van der Waals surface area contributed by atoms with Crippen LogP contribution in [0.25, 0.3) is 0 Å². The standard InChI is InChI=1S/C13H18BrNO/c14-11-6-7-12(15-9-11)8-10-4-2-1-3-5-13(10)16/h6-7,9-10,13,16H,1-5,8H2. The monoisotopic (exact) mass is 283 g/mol. The zero-order chi connectivity index (χ0) is 11.4. The molecule has 2 unspecified atom stereocenters. The van der Waals surface area contributed by atoms with Gasteiger partial charge in [0.1, 0.15) is 0 Å². The van der Waals surface area contributed by atoms with Crippen LogP contribution in [-0.4, -0.2) is 16.2 Å². The number of rotatable bonds is 2. The molecule has 0 bridgehead atoms. The Kier molecular flexibility index (Phi) is 4.36. The van der Waals surface area contributed by atoms with Crippen molar-refractivity contribution in [1.82, 2.24) is 4.98 Å². The fourth-order valence-electron chi connectivity index (χ4n) is 2.40. The molecule has 2 rings (SSSR count). The van der Waals surface area contributed by atoms with Crippen LogP contribution in [0.5, 0.6) is 0 Å². The molecule has 1 aromatic heterocycles. The second-order valence-electron chi connectivity index (χ2n) is 4.64. The van der Waals surface area contributed by atoms with Crippen molar-refractivity contribution in [2.75, 3.05) is 0 Å². The van der Waals surface area contributed by atoms with Gasteiger partial charge in [-0.05, 0) is 53.2 Å². The van der Waals surface area contributed by atoms with Gasteiger partial charge < -0.3 is 5.11 Å². The minimum atomic E-state index is -0.132. The van der Waals surface area contributed by atoms with Gasteiger partial charge >= 0.3 is 0 Å². The van der Waals surface area contributed by atoms with Crippen molar-refractivity contribution in [3.05, 3.63) is 28.5 Å². The first-order valence-corrected chi connectivity index (χ1v) is 6.83. The van der Waals surface area contributed by atoms with Gasteiger partial charge in [-0.2, -0.15) is 0 Å². The first-order chi connectivity index (χ1) is 7.75. The quantitative estimate of drug-likeness (QED) is 0.845. The van der Waals surface area contributed by atoms with Crippen molar-refractivity contribution in [3.8, 4) is 0 Å². The Morgan fingerprint density at radius 2 is 2.06 bits per heavy atom. The number of hydrogen-bond donors (Lipinski definition) is 1. The zero-order valence-corrected chi connectivity index (χ0v) is 11.0. The van der Waals surface area contributed by atoms with Crippen LogP contribution in [0.3, 0.4) is 0 Å². The molecule has 1 fully saturated rings. The van der Waals surface area contributed by atoms with Gasteiger partial charge in [0.05, 0.1) is 6.10 Å². The third kappa shape index (κ3) is 3.29. The minimum absolute atomic E-state index is 0.132. The van der Waals surface area contributed by atoms with Crippen LogP contribution in [0.15, 0.2) is 22.8 Å². The molecule has 3 heteroatoms. The highest BCUT2D eigenvalue weighted by Gasteiger charge is 2.22. The Balaban J connectivity index is 1.99. The molecule has 1 saturated carbocycles. The van der Waals surface area contributed by atoms with Crippen molar-refractivity contribution in [2.24, 2.45) is 5.92 Å². The fraction of sp³-hybridized carbons (Fsp3) is 0.615. The number of pyridine rings is 1. The average Bonchev–Trinajstić information content (AvgIpc) is 2.48. The van der Waals surface area contributed by atoms with Gasteiger partial charge in [-0.1, -0.05) is 19.3 Å². The molecule has 0 aliphatic heterocycles. The molecule has 2 nitrogen and oxygen atoms in total. The first kappa shape index (κ1) is 12.1. The molecule has 0 radical (unpaired) electrons. The van der Waals surface area contributed by atoms with E-state index in [0.717, 1.165) is 29.4 Å². The summed E-state index contributed by atoms with van der Waals surface area (Å²) >= 11 is 3.38. The summed E-state index contributed by atoms with van der Waals surface area (Å²) in [6.07, 6.45) is 8.39. The van der Waals surface area contributed by atoms with E-state index in [1.807, 2.05) is 18.3 Å². The van der Waals surface area contributed by atoms with Gasteiger partial charge in [0.25, 0.3) is 0 Å². The topological polar surface area (TPSA) is 33.1 Å². The molecule has 88 valence electrons. The van der Waals surface area contributed by atoms with Crippen molar-refractivity contribution >= 4 is 15.9 Å². The van der Waals surface area contributed by atoms with Gasteiger partial charge in [0.2, 0.25) is 0 Å². The summed E-state index contributed by atoms with van der Waals surface area (Å²) in [5.74, 6) is 0.399. The smallest absolute Gasteiger partial charge is 0.0572 e. The fourth-order valence-corrected chi connectivity index (χ4v) is 2.63. The number of aromatic nitrogens is 1. The van der Waals surface area contributed by atoms with E-state index in [9.17, 15) is 5.11 Å². The second-order valence-corrected chi connectivity index (χ2v) is 5.55. The lowest BCUT2D eigenvalue weighted by atomic mass is 9.92. The van der Waals surface area contributed by atoms with Crippen molar-refractivity contribution in [3.63, 3.8) is 0 Å². The zero-order valence-electron chi connectivity index (χ0n) is 9.40. The van der Waals surface area contributed by atoms with Crippen LogP contribution in [-0.2, 0) is 6.42 Å². The maximum absolute atomic E-state index is 10.0. The molecule has 1 aliphatic carbocycles. The van der Waals surface area contributed by atoms with Crippen LogP contribution in [0.4, 0.5) is 0 Å². The highest BCUT2D eigenvalue weighted by atomic mass is 79.9. The summed E-state index contributed by atoms with van der Waals surface area (Å²) < 4.78 is 1.01. The van der Waals surface area contributed by atoms with Crippen molar-refractivity contribution in [2.45, 2.75) is 44.6 Å². The summed E-state index contributed by atoms with van der Waals surface area (Å²) in [6.45, 7) is 0. The summed E-state index contributed by atoms with van der Waals surface area (Å²) in [4.78, 5) is 4.38. The molecule has 1 N–H and O–H groups in total. The van der Waals surface area contributed by atoms with E-state index in [1.54, 1.807) is 0 Å². The molecule has 0 spiro atoms. The van der Waals surface area contributed by atoms with Crippen LogP contribution >= 0.6 is 15.9 Å². The third-order valence-corrected chi connectivity index (χ3v) is 3.85. The van der Waals surface area contributed by atoms with E-state index in [4.69, 9.17) is 0 Å². The molecule has 2 atom stereocenters. The maximum atomic E-state index is 10.0. The lowest BCUT2D eigenvalue weighted by Crippen LogP contribution is -2.21. The number of aliphatic hydroxyl groups is 1. The van der Waals surface area contributed by atoms with E-state index in [-0.39, 0.29) is 6.10 Å². The van der Waals surface area contributed by atoms with E-state index < -0.39 is 0 Å². The van der Waals surface area contributed by atoms with E-state index in [2.05, 4.69) is 20.9 Å². The Bertz CT molecular complexity index is 325. The Hall–Kier alpha value is -0.410. The molecular formula is C13H18BrNO. The molecule has 1 heterocycles. The summed E-state index contributed by atoms with van der Waals surface area (Å²) in [5.41, 5.74) is 1.09. The molecular weight excluding hydrogens is 266 g/mol. The predicted molar refractivity (Wildman–Crippen MR) is 68.2 cm³/mol. The first-order valence-electron chi connectivity index (χ1n) is 6.04. The predicted octanol–water partition coefficient (Wildman–Crippen LogP) is 3.33. The highest BCUT2D eigenvalue weighted by molar-refractivity contribution is 9.10. The summed E-state index contributed by atoms with van der Waals surface area (Å²) in [7, 11) is 0. The summed E-state index contributed by atoms with van der Waals surface area (Å²) in [5, 5.41) is 10.0. The summed E-state index contributed by atoms with van der Waals surface area (Å²) in [6, 6.07) is 4.06. The molecule has 0 amide bonds. The normalized spacial score (nSPS) is 26.4. The Labute approximate surface area is 105 Å². The van der Waals surface area contributed by atoms with E-state index in [0.29, 0.717) is 5.92 Å². The molecule has 0 aromatic carbocycles. The SMILES string of the molecule is OC1CCCCCC1Cc1ccc(Br)cn1. The number of hydrogen-bond acceptors (Lipinski definition) is 2. The molecule has 1 aliphatic rings. The second kappa shape index (κ2) is 5.78. The van der Waals surface area contributed by atoms with Gasteiger partial charge in [0, 0.05) is 16.4 Å². The van der Waals surface area contributed by atoms with Gasteiger partial charge in [0.15, 0.2) is 0 Å².